The van der Waals surface area contributed by atoms with Crippen molar-refractivity contribution in [3.63, 3.8) is 0 Å². The molecule has 2 unspecified atom stereocenters. The lowest BCUT2D eigenvalue weighted by Gasteiger charge is -2.35. The lowest BCUT2D eigenvalue weighted by molar-refractivity contribution is -0.145. The highest BCUT2D eigenvalue weighted by Crippen LogP contribution is 2.46. The van der Waals surface area contributed by atoms with Gasteiger partial charge in [-0.15, -0.1) is 0 Å². The Kier molecular flexibility index (Phi) is 4.76. The van der Waals surface area contributed by atoms with E-state index in [1.807, 2.05) is 0 Å². The Labute approximate surface area is 167 Å². The van der Waals surface area contributed by atoms with Crippen LogP contribution in [0.1, 0.15) is 22.9 Å². The summed E-state index contributed by atoms with van der Waals surface area (Å²) in [5, 5.41) is 10.1. The monoisotopic (exact) mass is 391 g/mol. The largest absolute Gasteiger partial charge is 0.465 e. The van der Waals surface area contributed by atoms with Crippen molar-refractivity contribution in [2.75, 3.05) is 0 Å². The van der Waals surface area contributed by atoms with Gasteiger partial charge in [-0.05, 0) is 23.3 Å². The van der Waals surface area contributed by atoms with Gasteiger partial charge in [0.25, 0.3) is 0 Å². The molecule has 29 heavy (non-hydrogen) atoms. The number of benzene rings is 3. The number of cyclic esters (lactones) is 1. The normalized spacial score (nSPS) is 21.1. The molecule has 1 fully saturated rings. The van der Waals surface area contributed by atoms with Gasteiger partial charge in [0.15, 0.2) is 5.54 Å². The highest BCUT2D eigenvalue weighted by molar-refractivity contribution is 5.90. The molecule has 0 spiro atoms. The standard InChI is InChI=1S/C23H18FNO4/c24-19-13-11-16(12-14-19)15-23(18-9-5-2-6-10-18)21(26)29-20(25(23)22(27)28)17-7-3-1-4-8-17/h1-14,20H,15H2,(H,27,28). The van der Waals surface area contributed by atoms with E-state index in [4.69, 9.17) is 4.74 Å². The summed E-state index contributed by atoms with van der Waals surface area (Å²) >= 11 is 0. The number of carbonyl (C=O) groups is 2. The third-order valence-electron chi connectivity index (χ3n) is 5.12. The van der Waals surface area contributed by atoms with Crippen molar-refractivity contribution in [1.29, 1.82) is 0 Å². The molecule has 2 atom stereocenters. The fourth-order valence-electron chi connectivity index (χ4n) is 3.78. The molecule has 3 aromatic rings. The number of ether oxygens (including phenoxy) is 1. The number of carbonyl (C=O) groups excluding carboxylic acids is 1. The predicted molar refractivity (Wildman–Crippen MR) is 103 cm³/mol. The first-order chi connectivity index (χ1) is 14.0. The van der Waals surface area contributed by atoms with Crippen LogP contribution in [-0.4, -0.2) is 22.1 Å². The maximum absolute atomic E-state index is 13.4. The number of hydrogen-bond acceptors (Lipinski definition) is 3. The molecule has 1 amide bonds. The maximum atomic E-state index is 13.4. The molecular weight excluding hydrogens is 373 g/mol. The van der Waals surface area contributed by atoms with E-state index in [-0.39, 0.29) is 6.42 Å². The topological polar surface area (TPSA) is 66.8 Å². The zero-order chi connectivity index (χ0) is 20.4. The Morgan fingerprint density at radius 3 is 2.14 bits per heavy atom. The van der Waals surface area contributed by atoms with Crippen LogP contribution in [0.25, 0.3) is 0 Å². The fraction of sp³-hybridized carbons (Fsp3) is 0.130. The van der Waals surface area contributed by atoms with Gasteiger partial charge in [-0.25, -0.2) is 18.9 Å². The summed E-state index contributed by atoms with van der Waals surface area (Å²) < 4.78 is 19.0. The Hall–Kier alpha value is -3.67. The van der Waals surface area contributed by atoms with E-state index >= 15 is 0 Å². The summed E-state index contributed by atoms with van der Waals surface area (Å²) in [6.07, 6.45) is -2.34. The van der Waals surface area contributed by atoms with Crippen molar-refractivity contribution in [2.45, 2.75) is 18.2 Å². The smallest absolute Gasteiger partial charge is 0.411 e. The summed E-state index contributed by atoms with van der Waals surface area (Å²) in [5.41, 5.74) is 0.0771. The molecular formula is C23H18FNO4. The SMILES string of the molecule is O=C(O)N1C(c2ccccc2)OC(=O)C1(Cc1ccc(F)cc1)c1ccccc1. The number of hydrogen-bond donors (Lipinski definition) is 1. The van der Waals surface area contributed by atoms with E-state index in [0.717, 1.165) is 4.90 Å². The summed E-state index contributed by atoms with van der Waals surface area (Å²) in [7, 11) is 0. The minimum atomic E-state index is -1.59. The molecule has 6 heteroatoms. The van der Waals surface area contributed by atoms with Gasteiger partial charge in [-0.2, -0.15) is 0 Å². The molecule has 0 saturated carbocycles. The first-order valence-corrected chi connectivity index (χ1v) is 9.10. The highest BCUT2D eigenvalue weighted by Gasteiger charge is 2.59. The summed E-state index contributed by atoms with van der Waals surface area (Å²) in [6, 6.07) is 23.1. The number of rotatable bonds is 4. The van der Waals surface area contributed by atoms with E-state index < -0.39 is 29.6 Å². The minimum absolute atomic E-state index is 0.0196. The molecule has 1 saturated heterocycles. The molecule has 5 nitrogen and oxygen atoms in total. The molecule has 1 heterocycles. The Morgan fingerprint density at radius 2 is 1.55 bits per heavy atom. The quantitative estimate of drug-likeness (QED) is 0.665. The average molecular weight is 391 g/mol. The van der Waals surface area contributed by atoms with Crippen LogP contribution in [0.3, 0.4) is 0 Å². The molecule has 0 radical (unpaired) electrons. The van der Waals surface area contributed by atoms with Crippen LogP contribution < -0.4 is 0 Å². The van der Waals surface area contributed by atoms with E-state index in [9.17, 15) is 19.1 Å². The molecule has 0 bridgehead atoms. The highest BCUT2D eigenvalue weighted by atomic mass is 19.1. The molecule has 1 aliphatic heterocycles. The molecule has 1 N–H and O–H groups in total. The average Bonchev–Trinajstić information content (AvgIpc) is 3.04. The molecule has 0 aromatic heterocycles. The molecule has 0 aliphatic carbocycles. The van der Waals surface area contributed by atoms with Gasteiger partial charge in [0, 0.05) is 12.0 Å². The number of halogens is 1. The van der Waals surface area contributed by atoms with Crippen LogP contribution in [0.2, 0.25) is 0 Å². The lowest BCUT2D eigenvalue weighted by Crippen LogP contribution is -2.50. The van der Waals surface area contributed by atoms with Crippen LogP contribution in [0.5, 0.6) is 0 Å². The van der Waals surface area contributed by atoms with Crippen molar-refractivity contribution in [2.24, 2.45) is 0 Å². The van der Waals surface area contributed by atoms with Crippen LogP contribution in [0, 0.1) is 5.82 Å². The summed E-state index contributed by atoms with van der Waals surface area (Å²) in [5.74, 6) is -1.07. The zero-order valence-electron chi connectivity index (χ0n) is 15.4. The van der Waals surface area contributed by atoms with Gasteiger partial charge in [-0.1, -0.05) is 72.8 Å². The molecule has 1 aliphatic rings. The maximum Gasteiger partial charge on any atom is 0.411 e. The van der Waals surface area contributed by atoms with Crippen LogP contribution in [0.4, 0.5) is 9.18 Å². The van der Waals surface area contributed by atoms with E-state index in [0.29, 0.717) is 16.7 Å². The number of amides is 1. The minimum Gasteiger partial charge on any atom is -0.465 e. The van der Waals surface area contributed by atoms with Gasteiger partial charge in [-0.3, -0.25) is 0 Å². The number of carboxylic acid groups (broad SMARTS) is 1. The predicted octanol–water partition coefficient (Wildman–Crippen LogP) is 4.50. The first kappa shape index (κ1) is 18.7. The van der Waals surface area contributed by atoms with Crippen molar-refractivity contribution in [3.8, 4) is 0 Å². The first-order valence-electron chi connectivity index (χ1n) is 9.10. The van der Waals surface area contributed by atoms with Crippen molar-refractivity contribution in [3.05, 3.63) is 107 Å². The molecule has 146 valence electrons. The van der Waals surface area contributed by atoms with E-state index in [1.54, 1.807) is 72.8 Å². The van der Waals surface area contributed by atoms with Crippen LogP contribution in [0.15, 0.2) is 84.9 Å². The third kappa shape index (κ3) is 3.23. The second kappa shape index (κ2) is 7.39. The zero-order valence-corrected chi connectivity index (χ0v) is 15.4. The van der Waals surface area contributed by atoms with E-state index in [2.05, 4.69) is 0 Å². The van der Waals surface area contributed by atoms with Gasteiger partial charge in [0.2, 0.25) is 6.23 Å². The molecule has 4 rings (SSSR count). The number of esters is 1. The Morgan fingerprint density at radius 1 is 0.966 bits per heavy atom. The summed E-state index contributed by atoms with van der Waals surface area (Å²) in [6.45, 7) is 0. The van der Waals surface area contributed by atoms with Crippen molar-refractivity contribution < 1.29 is 23.8 Å². The van der Waals surface area contributed by atoms with E-state index in [1.165, 1.54) is 12.1 Å². The Balaban J connectivity index is 1.89. The fourth-order valence-corrected chi connectivity index (χ4v) is 3.78. The van der Waals surface area contributed by atoms with Gasteiger partial charge in [0.05, 0.1) is 0 Å². The van der Waals surface area contributed by atoms with Gasteiger partial charge in [0.1, 0.15) is 5.82 Å². The van der Waals surface area contributed by atoms with Crippen molar-refractivity contribution >= 4 is 12.1 Å². The molecule has 3 aromatic carbocycles. The lowest BCUT2D eigenvalue weighted by atomic mass is 9.82. The summed E-state index contributed by atoms with van der Waals surface area (Å²) in [4.78, 5) is 26.7. The number of nitrogens with zero attached hydrogens (tertiary/aromatic N) is 1. The second-order valence-corrected chi connectivity index (χ2v) is 6.85. The van der Waals surface area contributed by atoms with Gasteiger partial charge < -0.3 is 9.84 Å². The van der Waals surface area contributed by atoms with Crippen LogP contribution >= 0.6 is 0 Å². The third-order valence-corrected chi connectivity index (χ3v) is 5.12. The Bertz CT molecular complexity index is 1020. The van der Waals surface area contributed by atoms with Crippen molar-refractivity contribution in [1.82, 2.24) is 4.90 Å². The second-order valence-electron chi connectivity index (χ2n) is 6.85. The van der Waals surface area contributed by atoms with Crippen LogP contribution in [-0.2, 0) is 21.5 Å². The van der Waals surface area contributed by atoms with Gasteiger partial charge >= 0.3 is 12.1 Å².